The Hall–Kier alpha value is -2.38. The van der Waals surface area contributed by atoms with E-state index in [1.54, 1.807) is 0 Å². The number of hydrogen-bond acceptors (Lipinski definition) is 5. The van der Waals surface area contributed by atoms with Gasteiger partial charge in [0.15, 0.2) is 23.3 Å². The fourth-order valence-corrected chi connectivity index (χ4v) is 2.44. The lowest BCUT2D eigenvalue weighted by molar-refractivity contribution is 0.449. The van der Waals surface area contributed by atoms with E-state index in [9.17, 15) is 13.2 Å². The van der Waals surface area contributed by atoms with Crippen LogP contribution in [0.5, 0.6) is 0 Å². The Morgan fingerprint density at radius 1 is 1.05 bits per heavy atom. The molecule has 0 radical (unpaired) electrons. The largest absolute Gasteiger partial charge is 0.350 e. The summed E-state index contributed by atoms with van der Waals surface area (Å²) in [5, 5.41) is 13.3. The van der Waals surface area contributed by atoms with Gasteiger partial charge in [-0.3, -0.25) is 0 Å². The monoisotopic (exact) mass is 309 g/mol. The SMILES string of the molecule is Fc1ccc(Nc2cnnc(NC3CCCC3)n2)c(F)c1F. The van der Waals surface area contributed by atoms with E-state index >= 15 is 0 Å². The number of hydrogen-bond donors (Lipinski definition) is 2. The van der Waals surface area contributed by atoms with Crippen LogP contribution in [-0.2, 0) is 0 Å². The van der Waals surface area contributed by atoms with E-state index in [0.717, 1.165) is 37.8 Å². The van der Waals surface area contributed by atoms with Crippen LogP contribution in [0.1, 0.15) is 25.7 Å². The summed E-state index contributed by atoms with van der Waals surface area (Å²) in [4.78, 5) is 4.15. The van der Waals surface area contributed by atoms with Crippen molar-refractivity contribution in [2.75, 3.05) is 10.6 Å². The molecule has 0 atom stereocenters. The standard InChI is InChI=1S/C14H14F3N5/c15-9-5-6-10(13(17)12(9)16)20-11-7-18-22-14(21-11)19-8-3-1-2-4-8/h5-8H,1-4H2,(H2,19,20,21,22). The Kier molecular flexibility index (Phi) is 4.08. The van der Waals surface area contributed by atoms with Crippen molar-refractivity contribution in [1.82, 2.24) is 15.2 Å². The molecule has 116 valence electrons. The summed E-state index contributed by atoms with van der Waals surface area (Å²) in [5.41, 5.74) is -0.216. The lowest BCUT2D eigenvalue weighted by Gasteiger charge is -2.12. The summed E-state index contributed by atoms with van der Waals surface area (Å²) in [7, 11) is 0. The molecule has 0 unspecified atom stereocenters. The molecule has 2 aromatic rings. The minimum atomic E-state index is -1.53. The highest BCUT2D eigenvalue weighted by Gasteiger charge is 2.17. The second kappa shape index (κ2) is 6.17. The van der Waals surface area contributed by atoms with Crippen LogP contribution in [0, 0.1) is 17.5 Å². The molecule has 0 bridgehead atoms. The summed E-state index contributed by atoms with van der Waals surface area (Å²) in [6.45, 7) is 0. The Balaban J connectivity index is 1.76. The number of nitrogens with one attached hydrogen (secondary N) is 2. The summed E-state index contributed by atoms with van der Waals surface area (Å²) >= 11 is 0. The molecule has 1 aromatic carbocycles. The van der Waals surface area contributed by atoms with Crippen molar-refractivity contribution in [3.63, 3.8) is 0 Å². The van der Waals surface area contributed by atoms with Gasteiger partial charge in [-0.15, -0.1) is 5.10 Å². The first-order valence-electron chi connectivity index (χ1n) is 7.00. The molecular formula is C14H14F3N5. The van der Waals surface area contributed by atoms with Crippen LogP contribution >= 0.6 is 0 Å². The van der Waals surface area contributed by atoms with Gasteiger partial charge in [0.05, 0.1) is 11.9 Å². The zero-order chi connectivity index (χ0) is 15.5. The minimum absolute atomic E-state index is 0.195. The molecule has 22 heavy (non-hydrogen) atoms. The van der Waals surface area contributed by atoms with Crippen LogP contribution in [0.4, 0.5) is 30.6 Å². The van der Waals surface area contributed by atoms with Gasteiger partial charge in [0, 0.05) is 6.04 Å². The molecule has 0 spiro atoms. The van der Waals surface area contributed by atoms with Gasteiger partial charge in [0.1, 0.15) is 0 Å². The molecule has 0 amide bonds. The summed E-state index contributed by atoms with van der Waals surface area (Å²) < 4.78 is 39.7. The second-order valence-corrected chi connectivity index (χ2v) is 5.14. The highest BCUT2D eigenvalue weighted by molar-refractivity contribution is 5.57. The zero-order valence-electron chi connectivity index (χ0n) is 11.6. The van der Waals surface area contributed by atoms with E-state index in [1.807, 2.05) is 0 Å². The van der Waals surface area contributed by atoms with E-state index in [4.69, 9.17) is 0 Å². The maximum Gasteiger partial charge on any atom is 0.244 e. The number of nitrogens with zero attached hydrogens (tertiary/aromatic N) is 3. The van der Waals surface area contributed by atoms with Crippen molar-refractivity contribution in [3.8, 4) is 0 Å². The van der Waals surface area contributed by atoms with E-state index in [2.05, 4.69) is 25.8 Å². The fraction of sp³-hybridized carbons (Fsp3) is 0.357. The number of rotatable bonds is 4. The molecule has 1 heterocycles. The predicted octanol–water partition coefficient (Wildman–Crippen LogP) is 3.39. The molecule has 5 nitrogen and oxygen atoms in total. The van der Waals surface area contributed by atoms with Gasteiger partial charge in [0.25, 0.3) is 0 Å². The molecule has 2 N–H and O–H groups in total. The van der Waals surface area contributed by atoms with E-state index < -0.39 is 17.5 Å². The highest BCUT2D eigenvalue weighted by atomic mass is 19.2. The van der Waals surface area contributed by atoms with Crippen molar-refractivity contribution >= 4 is 17.5 Å². The van der Waals surface area contributed by atoms with Crippen LogP contribution in [0.15, 0.2) is 18.3 Å². The van der Waals surface area contributed by atoms with E-state index in [1.165, 1.54) is 6.20 Å². The molecule has 1 aromatic heterocycles. The Labute approximate surface area is 125 Å². The van der Waals surface area contributed by atoms with Gasteiger partial charge in [-0.2, -0.15) is 10.1 Å². The third-order valence-corrected chi connectivity index (χ3v) is 3.55. The first-order chi connectivity index (χ1) is 10.6. The Bertz CT molecular complexity index is 674. The third-order valence-electron chi connectivity index (χ3n) is 3.55. The normalized spacial score (nSPS) is 15.0. The lowest BCUT2D eigenvalue weighted by atomic mass is 10.2. The third kappa shape index (κ3) is 3.10. The van der Waals surface area contributed by atoms with E-state index in [0.29, 0.717) is 12.0 Å². The number of anilines is 3. The van der Waals surface area contributed by atoms with Crippen LogP contribution in [0.2, 0.25) is 0 Å². The van der Waals surface area contributed by atoms with Crippen molar-refractivity contribution in [2.24, 2.45) is 0 Å². The maximum atomic E-state index is 13.6. The Morgan fingerprint density at radius 3 is 2.59 bits per heavy atom. The van der Waals surface area contributed by atoms with E-state index in [-0.39, 0.29) is 11.5 Å². The van der Waals surface area contributed by atoms with Crippen molar-refractivity contribution in [1.29, 1.82) is 0 Å². The lowest BCUT2D eigenvalue weighted by Crippen LogP contribution is -2.17. The van der Waals surface area contributed by atoms with Crippen LogP contribution < -0.4 is 10.6 Å². The number of halogens is 3. The molecule has 1 aliphatic carbocycles. The fourth-order valence-electron chi connectivity index (χ4n) is 2.44. The number of aromatic nitrogens is 3. The van der Waals surface area contributed by atoms with Crippen molar-refractivity contribution < 1.29 is 13.2 Å². The molecule has 1 fully saturated rings. The highest BCUT2D eigenvalue weighted by Crippen LogP contribution is 2.24. The molecule has 0 saturated heterocycles. The van der Waals surface area contributed by atoms with Crippen molar-refractivity contribution in [3.05, 3.63) is 35.8 Å². The van der Waals surface area contributed by atoms with Gasteiger partial charge >= 0.3 is 0 Å². The van der Waals surface area contributed by atoms with Gasteiger partial charge in [0.2, 0.25) is 5.95 Å². The summed E-state index contributed by atoms with van der Waals surface area (Å²) in [6.07, 6.45) is 5.67. The van der Waals surface area contributed by atoms with Gasteiger partial charge in [-0.05, 0) is 25.0 Å². The van der Waals surface area contributed by atoms with Crippen LogP contribution in [0.3, 0.4) is 0 Å². The quantitative estimate of drug-likeness (QED) is 0.848. The van der Waals surface area contributed by atoms with Gasteiger partial charge < -0.3 is 10.6 Å². The van der Waals surface area contributed by atoms with Gasteiger partial charge in [-0.1, -0.05) is 12.8 Å². The molecule has 3 rings (SSSR count). The van der Waals surface area contributed by atoms with Crippen LogP contribution in [0.25, 0.3) is 0 Å². The summed E-state index contributed by atoms with van der Waals surface area (Å²) in [5.74, 6) is -3.56. The average Bonchev–Trinajstić information content (AvgIpc) is 3.01. The first-order valence-corrected chi connectivity index (χ1v) is 7.00. The van der Waals surface area contributed by atoms with Crippen molar-refractivity contribution in [2.45, 2.75) is 31.7 Å². The predicted molar refractivity (Wildman–Crippen MR) is 75.3 cm³/mol. The van der Waals surface area contributed by atoms with Crippen LogP contribution in [-0.4, -0.2) is 21.2 Å². The average molecular weight is 309 g/mol. The smallest absolute Gasteiger partial charge is 0.244 e. The van der Waals surface area contributed by atoms with Gasteiger partial charge in [-0.25, -0.2) is 13.2 Å². The molecule has 1 aliphatic rings. The number of benzene rings is 1. The summed E-state index contributed by atoms with van der Waals surface area (Å²) in [6, 6.07) is 2.24. The molecule has 0 aliphatic heterocycles. The molecule has 8 heteroatoms. The minimum Gasteiger partial charge on any atom is -0.350 e. The molecular weight excluding hydrogens is 295 g/mol. The zero-order valence-corrected chi connectivity index (χ0v) is 11.6. The maximum absolute atomic E-state index is 13.6. The second-order valence-electron chi connectivity index (χ2n) is 5.14. The topological polar surface area (TPSA) is 62.7 Å². The molecule has 1 saturated carbocycles. The Morgan fingerprint density at radius 2 is 1.82 bits per heavy atom. The first kappa shape index (κ1) is 14.6.